The van der Waals surface area contributed by atoms with E-state index < -0.39 is 5.97 Å². The molecular formula is C20H27N3O5. The monoisotopic (exact) mass is 389 g/mol. The summed E-state index contributed by atoms with van der Waals surface area (Å²) in [7, 11) is 1.32. The van der Waals surface area contributed by atoms with Crippen molar-refractivity contribution in [3.05, 3.63) is 29.8 Å². The maximum absolute atomic E-state index is 12.9. The van der Waals surface area contributed by atoms with E-state index in [1.807, 2.05) is 9.80 Å². The average molecular weight is 389 g/mol. The molecule has 2 fully saturated rings. The van der Waals surface area contributed by atoms with Gasteiger partial charge in [0.05, 0.1) is 38.5 Å². The van der Waals surface area contributed by atoms with Crippen LogP contribution in [0.5, 0.6) is 0 Å². The van der Waals surface area contributed by atoms with Crippen molar-refractivity contribution >= 4 is 23.5 Å². The summed E-state index contributed by atoms with van der Waals surface area (Å²) in [6.45, 7) is 3.20. The minimum absolute atomic E-state index is 0.0866. The number of likely N-dealkylation sites (tertiary alicyclic amines) is 1. The standard InChI is InChI=1S/C20H27N3O5/c1-27-20(26)15-5-4-6-16(13-15)21-18(24)14-23-8-3-2-7-17(23)19(25)22-9-11-28-12-10-22/h4-6,13,17H,2-3,7-12,14H2,1H3,(H,21,24). The molecule has 1 aromatic rings. The molecule has 2 heterocycles. The number of methoxy groups -OCH3 is 1. The number of ether oxygens (including phenoxy) is 2. The summed E-state index contributed by atoms with van der Waals surface area (Å²) in [5.41, 5.74) is 0.902. The summed E-state index contributed by atoms with van der Waals surface area (Å²) in [5.74, 6) is -0.574. The number of hydrogen-bond acceptors (Lipinski definition) is 6. The first-order valence-electron chi connectivity index (χ1n) is 9.67. The van der Waals surface area contributed by atoms with Crippen molar-refractivity contribution in [1.82, 2.24) is 9.80 Å². The first kappa shape index (κ1) is 20.3. The predicted molar refractivity (Wildman–Crippen MR) is 103 cm³/mol. The maximum atomic E-state index is 12.9. The van der Waals surface area contributed by atoms with Crippen LogP contribution in [0.4, 0.5) is 5.69 Å². The van der Waals surface area contributed by atoms with Crippen LogP contribution in [0.3, 0.4) is 0 Å². The van der Waals surface area contributed by atoms with Gasteiger partial charge < -0.3 is 19.7 Å². The first-order valence-corrected chi connectivity index (χ1v) is 9.67. The van der Waals surface area contributed by atoms with E-state index in [9.17, 15) is 14.4 Å². The van der Waals surface area contributed by atoms with E-state index in [1.54, 1.807) is 24.3 Å². The van der Waals surface area contributed by atoms with E-state index in [0.29, 0.717) is 37.6 Å². The van der Waals surface area contributed by atoms with Crippen LogP contribution in [0, 0.1) is 0 Å². The van der Waals surface area contributed by atoms with E-state index in [1.165, 1.54) is 7.11 Å². The second kappa shape index (κ2) is 9.66. The molecule has 152 valence electrons. The topological polar surface area (TPSA) is 88.2 Å². The lowest BCUT2D eigenvalue weighted by molar-refractivity contribution is -0.142. The van der Waals surface area contributed by atoms with E-state index >= 15 is 0 Å². The average Bonchev–Trinajstić information content (AvgIpc) is 2.73. The second-order valence-electron chi connectivity index (χ2n) is 7.04. The number of morpholine rings is 1. The Morgan fingerprint density at radius 1 is 1.18 bits per heavy atom. The van der Waals surface area contributed by atoms with Crippen LogP contribution in [0.15, 0.2) is 24.3 Å². The Labute approximate surface area is 164 Å². The minimum Gasteiger partial charge on any atom is -0.465 e. The smallest absolute Gasteiger partial charge is 0.337 e. The van der Waals surface area contributed by atoms with Crippen LogP contribution in [-0.4, -0.2) is 80.1 Å². The molecule has 2 aliphatic rings. The molecule has 1 unspecified atom stereocenters. The summed E-state index contributed by atoms with van der Waals surface area (Å²) in [6.07, 6.45) is 2.72. The van der Waals surface area contributed by atoms with Gasteiger partial charge in [-0.25, -0.2) is 4.79 Å². The van der Waals surface area contributed by atoms with Crippen molar-refractivity contribution in [2.45, 2.75) is 25.3 Å². The Balaban J connectivity index is 1.61. The van der Waals surface area contributed by atoms with Crippen molar-refractivity contribution in [3.8, 4) is 0 Å². The molecule has 1 N–H and O–H groups in total. The zero-order chi connectivity index (χ0) is 19.9. The molecule has 3 rings (SSSR count). The number of carbonyl (C=O) groups is 3. The maximum Gasteiger partial charge on any atom is 0.337 e. The Kier molecular flexibility index (Phi) is 7.00. The fraction of sp³-hybridized carbons (Fsp3) is 0.550. The van der Waals surface area contributed by atoms with Gasteiger partial charge >= 0.3 is 5.97 Å². The summed E-state index contributed by atoms with van der Waals surface area (Å²) in [5, 5.41) is 2.81. The van der Waals surface area contributed by atoms with Crippen LogP contribution in [0.1, 0.15) is 29.6 Å². The van der Waals surface area contributed by atoms with E-state index in [2.05, 4.69) is 5.32 Å². The highest BCUT2D eigenvalue weighted by molar-refractivity contribution is 5.95. The van der Waals surface area contributed by atoms with Crippen LogP contribution < -0.4 is 5.32 Å². The van der Waals surface area contributed by atoms with Gasteiger partial charge in [0, 0.05) is 18.8 Å². The molecule has 0 radical (unpaired) electrons. The summed E-state index contributed by atoms with van der Waals surface area (Å²) < 4.78 is 10.0. The lowest BCUT2D eigenvalue weighted by Crippen LogP contribution is -2.54. The normalized spacial score (nSPS) is 20.5. The van der Waals surface area contributed by atoms with Crippen LogP contribution >= 0.6 is 0 Å². The molecule has 1 atom stereocenters. The van der Waals surface area contributed by atoms with Gasteiger partial charge in [0.15, 0.2) is 0 Å². The van der Waals surface area contributed by atoms with E-state index in [-0.39, 0.29) is 24.4 Å². The van der Waals surface area contributed by atoms with Gasteiger partial charge in [0.2, 0.25) is 11.8 Å². The van der Waals surface area contributed by atoms with Gasteiger partial charge in [-0.2, -0.15) is 0 Å². The van der Waals surface area contributed by atoms with Gasteiger partial charge in [-0.1, -0.05) is 12.5 Å². The Bertz CT molecular complexity index is 718. The molecule has 2 aliphatic heterocycles. The predicted octanol–water partition coefficient (Wildman–Crippen LogP) is 1.12. The lowest BCUT2D eigenvalue weighted by atomic mass is 10.0. The number of nitrogens with zero attached hydrogens (tertiary/aromatic N) is 2. The van der Waals surface area contributed by atoms with Gasteiger partial charge in [-0.3, -0.25) is 14.5 Å². The van der Waals surface area contributed by atoms with Crippen molar-refractivity contribution in [3.63, 3.8) is 0 Å². The third kappa shape index (κ3) is 5.08. The third-order valence-electron chi connectivity index (χ3n) is 5.14. The molecule has 8 heteroatoms. The fourth-order valence-electron chi connectivity index (χ4n) is 3.68. The molecule has 1 aromatic carbocycles. The Hall–Kier alpha value is -2.45. The van der Waals surface area contributed by atoms with Gasteiger partial charge in [0.25, 0.3) is 0 Å². The van der Waals surface area contributed by atoms with Crippen LogP contribution in [0.25, 0.3) is 0 Å². The number of carbonyl (C=O) groups excluding carboxylic acids is 3. The number of anilines is 1. The van der Waals surface area contributed by atoms with Gasteiger partial charge in [-0.05, 0) is 37.6 Å². The molecule has 0 bridgehead atoms. The van der Waals surface area contributed by atoms with Crippen LogP contribution in [-0.2, 0) is 19.1 Å². The largest absolute Gasteiger partial charge is 0.465 e. The summed E-state index contributed by atoms with van der Waals surface area (Å²) in [4.78, 5) is 40.9. The Morgan fingerprint density at radius 3 is 2.71 bits per heavy atom. The van der Waals surface area contributed by atoms with Gasteiger partial charge in [-0.15, -0.1) is 0 Å². The van der Waals surface area contributed by atoms with Crippen molar-refractivity contribution in [2.24, 2.45) is 0 Å². The summed E-state index contributed by atoms with van der Waals surface area (Å²) in [6, 6.07) is 6.35. The zero-order valence-corrected chi connectivity index (χ0v) is 16.2. The van der Waals surface area contributed by atoms with Crippen molar-refractivity contribution < 1.29 is 23.9 Å². The molecule has 0 aromatic heterocycles. The molecule has 0 aliphatic carbocycles. The van der Waals surface area contributed by atoms with E-state index in [0.717, 1.165) is 25.8 Å². The molecule has 8 nitrogen and oxygen atoms in total. The molecule has 2 amide bonds. The third-order valence-corrected chi connectivity index (χ3v) is 5.14. The fourth-order valence-corrected chi connectivity index (χ4v) is 3.68. The molecule has 28 heavy (non-hydrogen) atoms. The molecular weight excluding hydrogens is 362 g/mol. The molecule has 0 saturated carbocycles. The quantitative estimate of drug-likeness (QED) is 0.760. The highest BCUT2D eigenvalue weighted by Crippen LogP contribution is 2.20. The Morgan fingerprint density at radius 2 is 1.96 bits per heavy atom. The molecule has 0 spiro atoms. The number of benzene rings is 1. The number of rotatable bonds is 5. The van der Waals surface area contributed by atoms with E-state index in [4.69, 9.17) is 9.47 Å². The number of nitrogens with one attached hydrogen (secondary N) is 1. The van der Waals surface area contributed by atoms with Crippen molar-refractivity contribution in [2.75, 3.05) is 51.8 Å². The summed E-state index contributed by atoms with van der Waals surface area (Å²) >= 11 is 0. The highest BCUT2D eigenvalue weighted by atomic mass is 16.5. The number of amides is 2. The van der Waals surface area contributed by atoms with Gasteiger partial charge in [0.1, 0.15) is 0 Å². The number of hydrogen-bond donors (Lipinski definition) is 1. The zero-order valence-electron chi connectivity index (χ0n) is 16.2. The SMILES string of the molecule is COC(=O)c1cccc(NC(=O)CN2CCCCC2C(=O)N2CCOCC2)c1. The lowest BCUT2D eigenvalue weighted by Gasteiger charge is -2.38. The number of esters is 1. The first-order chi connectivity index (χ1) is 13.6. The molecule has 2 saturated heterocycles. The van der Waals surface area contributed by atoms with Crippen LogP contribution in [0.2, 0.25) is 0 Å². The van der Waals surface area contributed by atoms with Crippen molar-refractivity contribution in [1.29, 1.82) is 0 Å². The highest BCUT2D eigenvalue weighted by Gasteiger charge is 2.33. The minimum atomic E-state index is -0.455. The number of piperidine rings is 1. The second-order valence-corrected chi connectivity index (χ2v) is 7.04.